The van der Waals surface area contributed by atoms with Crippen molar-refractivity contribution in [2.45, 2.75) is 72.1 Å². The summed E-state index contributed by atoms with van der Waals surface area (Å²) in [6, 6.07) is 8.41. The summed E-state index contributed by atoms with van der Waals surface area (Å²) >= 11 is 0. The lowest BCUT2D eigenvalue weighted by atomic mass is 9.86. The third-order valence-corrected chi connectivity index (χ3v) is 8.72. The number of hydrogen-bond acceptors (Lipinski definition) is 6. The van der Waals surface area contributed by atoms with Crippen molar-refractivity contribution in [2.75, 3.05) is 48.2 Å². The Kier molecular flexibility index (Phi) is 11.5. The molecule has 0 amide bonds. The summed E-state index contributed by atoms with van der Waals surface area (Å²) in [4.78, 5) is 0. The third kappa shape index (κ3) is 7.99. The molecule has 2 aromatic carbocycles. The molecule has 0 fully saturated rings. The fraction of sp³-hybridized carbons (Fsp3) is 0.600. The van der Waals surface area contributed by atoms with Crippen molar-refractivity contribution in [3.05, 3.63) is 35.4 Å². The van der Waals surface area contributed by atoms with Gasteiger partial charge in [-0.25, -0.2) is 0 Å². The van der Waals surface area contributed by atoms with Crippen molar-refractivity contribution >= 4 is 18.5 Å². The fourth-order valence-corrected chi connectivity index (χ4v) is 6.95. The molecule has 0 spiro atoms. The van der Waals surface area contributed by atoms with Gasteiger partial charge in [-0.1, -0.05) is 54.9 Å². The van der Waals surface area contributed by atoms with Crippen molar-refractivity contribution < 1.29 is 28.4 Å². The van der Waals surface area contributed by atoms with E-state index in [-0.39, 0.29) is 24.4 Å². The van der Waals surface area contributed by atoms with Crippen LogP contribution in [0.2, 0.25) is 0 Å². The Bertz CT molecular complexity index is 929. The molecule has 0 aliphatic heterocycles. The Morgan fingerprint density at radius 1 is 0.649 bits per heavy atom. The van der Waals surface area contributed by atoms with E-state index in [9.17, 15) is 0 Å². The summed E-state index contributed by atoms with van der Waals surface area (Å²) in [5, 5.41) is 2.22. The molecule has 0 saturated carbocycles. The Labute approximate surface area is 225 Å². The van der Waals surface area contributed by atoms with Crippen LogP contribution in [0.5, 0.6) is 23.0 Å². The van der Waals surface area contributed by atoms with Crippen LogP contribution in [0.25, 0.3) is 0 Å². The summed E-state index contributed by atoms with van der Waals surface area (Å²) < 4.78 is 35.0. The zero-order chi connectivity index (χ0) is 27.8. The average Bonchev–Trinajstić information content (AvgIpc) is 2.85. The Morgan fingerprint density at radius 2 is 1.05 bits per heavy atom. The van der Waals surface area contributed by atoms with E-state index in [1.807, 2.05) is 0 Å². The third-order valence-electron chi connectivity index (χ3n) is 6.13. The van der Waals surface area contributed by atoms with Crippen LogP contribution in [-0.2, 0) is 20.3 Å². The van der Waals surface area contributed by atoms with Gasteiger partial charge in [-0.3, -0.25) is 0 Å². The van der Waals surface area contributed by atoms with Crippen molar-refractivity contribution in [3.8, 4) is 23.0 Å². The van der Waals surface area contributed by atoms with Crippen LogP contribution in [0.3, 0.4) is 0 Å². The highest BCUT2D eigenvalue weighted by atomic mass is 31.1. The van der Waals surface area contributed by atoms with Gasteiger partial charge in [0.15, 0.2) is 13.6 Å². The van der Waals surface area contributed by atoms with Crippen LogP contribution in [0, 0.1) is 0 Å². The Morgan fingerprint density at radius 3 is 1.35 bits per heavy atom. The van der Waals surface area contributed by atoms with Crippen LogP contribution < -0.4 is 29.6 Å². The second-order valence-corrected chi connectivity index (χ2v) is 13.4. The average molecular weight is 535 g/mol. The molecule has 0 aromatic heterocycles. The highest BCUT2D eigenvalue weighted by molar-refractivity contribution is 7.73. The maximum atomic E-state index is 6.34. The van der Waals surface area contributed by atoms with Crippen LogP contribution >= 0.6 is 7.92 Å². The van der Waals surface area contributed by atoms with Gasteiger partial charge in [0.1, 0.15) is 23.0 Å². The van der Waals surface area contributed by atoms with E-state index in [2.05, 4.69) is 72.7 Å². The number of methoxy groups -OCH3 is 4. The normalized spacial score (nSPS) is 12.1. The molecule has 0 radical (unpaired) electrons. The molecule has 0 aliphatic carbocycles. The largest absolute Gasteiger partial charge is 0.497 e. The first-order valence-electron chi connectivity index (χ1n) is 12.9. The molecule has 2 aromatic rings. The number of hydrogen-bond donors (Lipinski definition) is 0. The zero-order valence-electron chi connectivity index (χ0n) is 24.7. The molecule has 2 rings (SSSR count). The van der Waals surface area contributed by atoms with Crippen molar-refractivity contribution in [3.63, 3.8) is 0 Å². The summed E-state index contributed by atoms with van der Waals surface area (Å²) in [5.74, 6) is 3.34. The molecular formula is C30H47O6P. The highest BCUT2D eigenvalue weighted by Gasteiger charge is 2.32. The number of unbranched alkanes of at least 4 members (excludes halogenated alkanes) is 1. The fourth-order valence-electron chi connectivity index (χ4n) is 4.15. The minimum Gasteiger partial charge on any atom is -0.497 e. The number of benzene rings is 2. The minimum absolute atomic E-state index is 0.164. The molecule has 6 nitrogen and oxygen atoms in total. The molecule has 0 bridgehead atoms. The van der Waals surface area contributed by atoms with Gasteiger partial charge in [-0.2, -0.15) is 0 Å². The Hall–Kier alpha value is -2.01. The number of ether oxygens (including phenoxy) is 6. The highest BCUT2D eigenvalue weighted by Crippen LogP contribution is 2.48. The molecule has 0 aliphatic rings. The first-order chi connectivity index (χ1) is 17.4. The Balaban J connectivity index is 3.00. The molecule has 0 N–H and O–H groups in total. The van der Waals surface area contributed by atoms with E-state index in [1.165, 1.54) is 0 Å². The molecule has 37 heavy (non-hydrogen) atoms. The van der Waals surface area contributed by atoms with E-state index in [0.29, 0.717) is 0 Å². The predicted molar refractivity (Wildman–Crippen MR) is 154 cm³/mol. The van der Waals surface area contributed by atoms with Crippen molar-refractivity contribution in [1.82, 2.24) is 0 Å². The second-order valence-electron chi connectivity index (χ2n) is 11.2. The molecule has 0 atom stereocenters. The molecule has 0 heterocycles. The predicted octanol–water partition coefficient (Wildman–Crippen LogP) is 6.50. The van der Waals surface area contributed by atoms with Gasteiger partial charge in [-0.05, 0) is 55.6 Å². The van der Waals surface area contributed by atoms with Crippen LogP contribution in [0.4, 0.5) is 0 Å². The first-order valence-corrected chi connectivity index (χ1v) is 14.4. The number of rotatable bonds is 13. The molecule has 0 saturated heterocycles. The summed E-state index contributed by atoms with van der Waals surface area (Å²) in [6.45, 7) is 15.7. The van der Waals surface area contributed by atoms with Crippen molar-refractivity contribution in [2.24, 2.45) is 0 Å². The van der Waals surface area contributed by atoms with Crippen molar-refractivity contribution in [1.29, 1.82) is 0 Å². The van der Waals surface area contributed by atoms with Gasteiger partial charge in [0.25, 0.3) is 0 Å². The summed E-state index contributed by atoms with van der Waals surface area (Å²) in [5.41, 5.74) is 1.83. The van der Waals surface area contributed by atoms with E-state index < -0.39 is 7.92 Å². The van der Waals surface area contributed by atoms with Gasteiger partial charge < -0.3 is 28.4 Å². The summed E-state index contributed by atoms with van der Waals surface area (Å²) in [7, 11) is 5.80. The first kappa shape index (κ1) is 31.2. The van der Waals surface area contributed by atoms with E-state index >= 15 is 0 Å². The quantitative estimate of drug-likeness (QED) is 0.216. The molecule has 0 unspecified atom stereocenters. The maximum Gasteiger partial charge on any atom is 0.188 e. The lowest BCUT2D eigenvalue weighted by Crippen LogP contribution is -2.26. The van der Waals surface area contributed by atoms with Gasteiger partial charge in [0.05, 0.1) is 14.2 Å². The lowest BCUT2D eigenvalue weighted by molar-refractivity contribution is 0.0505. The molecule has 7 heteroatoms. The smallest absolute Gasteiger partial charge is 0.188 e. The van der Waals surface area contributed by atoms with Gasteiger partial charge >= 0.3 is 0 Å². The van der Waals surface area contributed by atoms with Gasteiger partial charge in [0, 0.05) is 36.0 Å². The lowest BCUT2D eigenvalue weighted by Gasteiger charge is -2.31. The van der Waals surface area contributed by atoms with Gasteiger partial charge in [0.2, 0.25) is 0 Å². The minimum atomic E-state index is -0.923. The van der Waals surface area contributed by atoms with E-state index in [1.54, 1.807) is 28.4 Å². The molecule has 208 valence electrons. The standard InChI is InChI=1S/C30H47O6P/c1-12-13-14-37(25-17-21(33-10)15-23(29(2,3)4)27(25)35-19-31-8)26-18-22(34-11)16-24(30(5,6)7)28(26)36-20-32-9/h15-18H,12-14,19-20H2,1-11H3. The zero-order valence-corrected chi connectivity index (χ0v) is 25.6. The van der Waals surface area contributed by atoms with Crippen LogP contribution in [-0.4, -0.2) is 48.2 Å². The topological polar surface area (TPSA) is 55.4 Å². The van der Waals surface area contributed by atoms with Crippen LogP contribution in [0.15, 0.2) is 24.3 Å². The van der Waals surface area contributed by atoms with E-state index in [4.69, 9.17) is 28.4 Å². The molecular weight excluding hydrogens is 487 g/mol. The summed E-state index contributed by atoms with van der Waals surface area (Å²) in [6.07, 6.45) is 3.10. The van der Waals surface area contributed by atoms with Gasteiger partial charge in [-0.15, -0.1) is 0 Å². The maximum absolute atomic E-state index is 6.34. The second kappa shape index (κ2) is 13.7. The van der Waals surface area contributed by atoms with Crippen LogP contribution in [0.1, 0.15) is 72.4 Å². The van der Waals surface area contributed by atoms with E-state index in [0.717, 1.165) is 63.7 Å². The monoisotopic (exact) mass is 534 g/mol. The SMILES string of the molecule is CCCCP(c1cc(OC)cc(C(C)(C)C)c1OCOC)c1cc(OC)cc(C(C)(C)C)c1OCOC.